The molecule has 2 rings (SSSR count). The first-order valence-electron chi connectivity index (χ1n) is 6.46. The van der Waals surface area contributed by atoms with Gasteiger partial charge in [0.25, 0.3) is 0 Å². The standard InChI is InChI=1S/C14H15NO4S2/c15-7-11-3-1-2-4-12(11)8-19-14(16)9-20-13-5-6-21(17,18)10-13/h1-4,13H,5-6,8-10H2/t13-/m0/s1. The van der Waals surface area contributed by atoms with Crippen molar-refractivity contribution >= 4 is 27.6 Å². The molecule has 1 aromatic carbocycles. The number of nitriles is 1. The molecule has 1 atom stereocenters. The second kappa shape index (κ2) is 6.96. The van der Waals surface area contributed by atoms with E-state index in [1.165, 1.54) is 11.8 Å². The van der Waals surface area contributed by atoms with Crippen molar-refractivity contribution in [3.63, 3.8) is 0 Å². The summed E-state index contributed by atoms with van der Waals surface area (Å²) in [6.45, 7) is 0.0616. The number of hydrogen-bond donors (Lipinski definition) is 0. The second-order valence-corrected chi connectivity index (χ2v) is 8.28. The van der Waals surface area contributed by atoms with Crippen LogP contribution in [0.3, 0.4) is 0 Å². The molecule has 112 valence electrons. The van der Waals surface area contributed by atoms with Gasteiger partial charge in [0.05, 0.1) is 28.9 Å². The van der Waals surface area contributed by atoms with E-state index < -0.39 is 15.8 Å². The van der Waals surface area contributed by atoms with Crippen LogP contribution in [0.5, 0.6) is 0 Å². The lowest BCUT2D eigenvalue weighted by atomic mass is 10.1. The van der Waals surface area contributed by atoms with Crippen molar-refractivity contribution in [2.45, 2.75) is 18.3 Å². The lowest BCUT2D eigenvalue weighted by molar-refractivity contribution is -0.141. The van der Waals surface area contributed by atoms with Crippen molar-refractivity contribution < 1.29 is 17.9 Å². The summed E-state index contributed by atoms with van der Waals surface area (Å²) in [6.07, 6.45) is 0.595. The van der Waals surface area contributed by atoms with Crippen molar-refractivity contribution in [2.24, 2.45) is 0 Å². The van der Waals surface area contributed by atoms with Gasteiger partial charge < -0.3 is 4.74 Å². The number of hydrogen-bond acceptors (Lipinski definition) is 6. The van der Waals surface area contributed by atoms with E-state index in [0.29, 0.717) is 17.5 Å². The summed E-state index contributed by atoms with van der Waals surface area (Å²) in [5.74, 6) is 0.0869. The fraction of sp³-hybridized carbons (Fsp3) is 0.429. The van der Waals surface area contributed by atoms with Crippen LogP contribution in [-0.2, 0) is 26.0 Å². The van der Waals surface area contributed by atoms with Crippen molar-refractivity contribution in [3.05, 3.63) is 35.4 Å². The van der Waals surface area contributed by atoms with Gasteiger partial charge in [-0.3, -0.25) is 4.79 Å². The molecule has 5 nitrogen and oxygen atoms in total. The molecule has 0 radical (unpaired) electrons. The van der Waals surface area contributed by atoms with Crippen LogP contribution < -0.4 is 0 Å². The van der Waals surface area contributed by atoms with Gasteiger partial charge in [0.15, 0.2) is 9.84 Å². The van der Waals surface area contributed by atoms with Crippen LogP contribution in [-0.4, -0.2) is 36.9 Å². The lowest BCUT2D eigenvalue weighted by Gasteiger charge is -2.08. The van der Waals surface area contributed by atoms with E-state index in [1.54, 1.807) is 24.3 Å². The number of benzene rings is 1. The number of ether oxygens (including phenoxy) is 1. The molecular weight excluding hydrogens is 310 g/mol. The summed E-state index contributed by atoms with van der Waals surface area (Å²) in [7, 11) is -2.92. The molecular formula is C14H15NO4S2. The summed E-state index contributed by atoms with van der Waals surface area (Å²) < 4.78 is 27.7. The number of thioether (sulfide) groups is 1. The summed E-state index contributed by atoms with van der Waals surface area (Å²) in [6, 6.07) is 8.98. The highest BCUT2D eigenvalue weighted by Gasteiger charge is 2.28. The normalized spacial score (nSPS) is 19.9. The van der Waals surface area contributed by atoms with E-state index in [-0.39, 0.29) is 29.1 Å². The Kier molecular flexibility index (Phi) is 5.26. The predicted molar refractivity (Wildman–Crippen MR) is 80.5 cm³/mol. The molecule has 0 bridgehead atoms. The highest BCUT2D eigenvalue weighted by molar-refractivity contribution is 8.02. The first-order chi connectivity index (χ1) is 10.00. The zero-order valence-electron chi connectivity index (χ0n) is 11.3. The molecule has 7 heteroatoms. The largest absolute Gasteiger partial charge is 0.460 e. The second-order valence-electron chi connectivity index (χ2n) is 4.77. The fourth-order valence-electron chi connectivity index (χ4n) is 2.03. The van der Waals surface area contributed by atoms with Gasteiger partial charge in [-0.15, -0.1) is 11.8 Å². The predicted octanol–water partition coefficient (Wildman–Crippen LogP) is 1.52. The minimum atomic E-state index is -2.92. The van der Waals surface area contributed by atoms with Crippen LogP contribution in [0.2, 0.25) is 0 Å². The highest BCUT2D eigenvalue weighted by atomic mass is 32.2. The van der Waals surface area contributed by atoms with E-state index in [0.717, 1.165) is 0 Å². The first kappa shape index (κ1) is 15.9. The number of sulfone groups is 1. The Morgan fingerprint density at radius 2 is 2.19 bits per heavy atom. The van der Waals surface area contributed by atoms with Crippen LogP contribution >= 0.6 is 11.8 Å². The zero-order chi connectivity index (χ0) is 15.3. The van der Waals surface area contributed by atoms with Gasteiger partial charge in [-0.05, 0) is 12.5 Å². The third-order valence-electron chi connectivity index (χ3n) is 3.15. The van der Waals surface area contributed by atoms with Crippen molar-refractivity contribution in [3.8, 4) is 6.07 Å². The van der Waals surface area contributed by atoms with E-state index in [4.69, 9.17) is 10.00 Å². The van der Waals surface area contributed by atoms with Crippen molar-refractivity contribution in [1.82, 2.24) is 0 Å². The van der Waals surface area contributed by atoms with Crippen molar-refractivity contribution in [1.29, 1.82) is 5.26 Å². The van der Waals surface area contributed by atoms with Gasteiger partial charge in [0, 0.05) is 10.8 Å². The maximum absolute atomic E-state index is 11.7. The van der Waals surface area contributed by atoms with Crippen LogP contribution in [0, 0.1) is 11.3 Å². The molecule has 1 aliphatic heterocycles. The maximum Gasteiger partial charge on any atom is 0.316 e. The molecule has 0 amide bonds. The van der Waals surface area contributed by atoms with Crippen LogP contribution in [0.4, 0.5) is 0 Å². The van der Waals surface area contributed by atoms with E-state index in [1.807, 2.05) is 6.07 Å². The smallest absolute Gasteiger partial charge is 0.316 e. The van der Waals surface area contributed by atoms with E-state index in [2.05, 4.69) is 0 Å². The van der Waals surface area contributed by atoms with Gasteiger partial charge in [-0.1, -0.05) is 18.2 Å². The molecule has 0 aromatic heterocycles. The Bertz CT molecular complexity index is 664. The Labute approximate surface area is 128 Å². The molecule has 1 aromatic rings. The fourth-order valence-corrected chi connectivity index (χ4v) is 5.47. The van der Waals surface area contributed by atoms with E-state index >= 15 is 0 Å². The number of esters is 1. The van der Waals surface area contributed by atoms with Crippen molar-refractivity contribution in [2.75, 3.05) is 17.3 Å². The zero-order valence-corrected chi connectivity index (χ0v) is 13.0. The third kappa shape index (κ3) is 4.76. The molecule has 0 aliphatic carbocycles. The summed E-state index contributed by atoms with van der Waals surface area (Å²) in [4.78, 5) is 11.7. The van der Waals surface area contributed by atoms with Gasteiger partial charge in [-0.25, -0.2) is 8.42 Å². The molecule has 0 unspecified atom stereocenters. The molecule has 0 saturated carbocycles. The number of rotatable bonds is 5. The Morgan fingerprint density at radius 3 is 2.86 bits per heavy atom. The molecule has 1 aliphatic rings. The monoisotopic (exact) mass is 325 g/mol. The Hall–Kier alpha value is -1.52. The van der Waals surface area contributed by atoms with Crippen LogP contribution in [0.15, 0.2) is 24.3 Å². The maximum atomic E-state index is 11.7. The van der Waals surface area contributed by atoms with Gasteiger partial charge in [0.2, 0.25) is 0 Å². The van der Waals surface area contributed by atoms with Gasteiger partial charge >= 0.3 is 5.97 Å². The third-order valence-corrected chi connectivity index (χ3v) is 6.41. The number of carbonyl (C=O) groups is 1. The molecule has 1 heterocycles. The SMILES string of the molecule is N#Cc1ccccc1COC(=O)CS[C@H]1CCS(=O)(=O)C1. The lowest BCUT2D eigenvalue weighted by Crippen LogP contribution is -2.13. The number of nitrogens with zero attached hydrogens (tertiary/aromatic N) is 1. The summed E-state index contributed by atoms with van der Waals surface area (Å²) in [5, 5.41) is 8.91. The molecule has 1 fully saturated rings. The molecule has 0 spiro atoms. The molecule has 0 N–H and O–H groups in total. The average molecular weight is 325 g/mol. The molecule has 1 saturated heterocycles. The Balaban J connectivity index is 1.77. The molecule has 21 heavy (non-hydrogen) atoms. The quantitative estimate of drug-likeness (QED) is 0.763. The first-order valence-corrected chi connectivity index (χ1v) is 9.33. The highest BCUT2D eigenvalue weighted by Crippen LogP contribution is 2.24. The topological polar surface area (TPSA) is 84.2 Å². The minimum Gasteiger partial charge on any atom is -0.460 e. The van der Waals surface area contributed by atoms with Crippen LogP contribution in [0.1, 0.15) is 17.5 Å². The van der Waals surface area contributed by atoms with Gasteiger partial charge in [-0.2, -0.15) is 5.26 Å². The average Bonchev–Trinajstić information content (AvgIpc) is 2.82. The Morgan fingerprint density at radius 1 is 1.43 bits per heavy atom. The summed E-state index contributed by atoms with van der Waals surface area (Å²) in [5.41, 5.74) is 1.15. The summed E-state index contributed by atoms with van der Waals surface area (Å²) >= 11 is 1.32. The van der Waals surface area contributed by atoms with Gasteiger partial charge in [0.1, 0.15) is 6.61 Å². The minimum absolute atomic E-state index is 0.0195. The van der Waals surface area contributed by atoms with Crippen LogP contribution in [0.25, 0.3) is 0 Å². The number of carbonyl (C=O) groups excluding carboxylic acids is 1. The van der Waals surface area contributed by atoms with E-state index in [9.17, 15) is 13.2 Å².